The Bertz CT molecular complexity index is 1540. The van der Waals surface area contributed by atoms with Crippen molar-refractivity contribution in [1.29, 1.82) is 0 Å². The maximum atomic E-state index is 13.5. The van der Waals surface area contributed by atoms with Gasteiger partial charge in [-0.05, 0) is 47.9 Å². The molecule has 2 N–H and O–H groups in total. The predicted octanol–water partition coefficient (Wildman–Crippen LogP) is 7.16. The van der Waals surface area contributed by atoms with Gasteiger partial charge >= 0.3 is 0 Å². The van der Waals surface area contributed by atoms with Gasteiger partial charge in [-0.25, -0.2) is 18.7 Å². The first-order valence-corrected chi connectivity index (χ1v) is 11.8. The molecule has 0 saturated heterocycles. The van der Waals surface area contributed by atoms with Crippen LogP contribution in [-0.2, 0) is 0 Å². The third-order valence-electron chi connectivity index (χ3n) is 5.76. The molecule has 1 amide bonds. The molecule has 2 aromatic heterocycles. The van der Waals surface area contributed by atoms with E-state index >= 15 is 0 Å². The Morgan fingerprint density at radius 2 is 1.62 bits per heavy atom. The largest absolute Gasteiger partial charge is 0.437 e. The second-order valence-corrected chi connectivity index (χ2v) is 9.04. The number of carbonyl (C=O) groups is 1. The van der Waals surface area contributed by atoms with Gasteiger partial charge < -0.3 is 15.1 Å². The zero-order valence-corrected chi connectivity index (χ0v) is 20.3. The van der Waals surface area contributed by atoms with Crippen molar-refractivity contribution >= 4 is 28.5 Å². The van der Waals surface area contributed by atoms with Gasteiger partial charge in [0, 0.05) is 35.0 Å². The summed E-state index contributed by atoms with van der Waals surface area (Å²) >= 11 is 0. The van der Waals surface area contributed by atoms with Gasteiger partial charge in [0.05, 0.1) is 5.39 Å². The molecule has 0 bridgehead atoms. The highest BCUT2D eigenvalue weighted by Gasteiger charge is 2.22. The Kier molecular flexibility index (Phi) is 6.64. The van der Waals surface area contributed by atoms with Gasteiger partial charge in [-0.2, -0.15) is 0 Å². The van der Waals surface area contributed by atoms with Crippen LogP contribution < -0.4 is 10.6 Å². The minimum atomic E-state index is -0.816. The number of nitrogens with one attached hydrogen (secondary N) is 2. The van der Waals surface area contributed by atoms with Gasteiger partial charge in [0.1, 0.15) is 29.5 Å². The van der Waals surface area contributed by atoms with Gasteiger partial charge in [0.2, 0.25) is 5.71 Å². The number of hydrogen-bond acceptors (Lipinski definition) is 5. The topological polar surface area (TPSA) is 80.1 Å². The minimum absolute atomic E-state index is 0.106. The molecule has 37 heavy (non-hydrogen) atoms. The number of fused-ring (bicyclic) bond motifs is 1. The summed E-state index contributed by atoms with van der Waals surface area (Å²) in [5.41, 5.74) is 3.39. The summed E-state index contributed by atoms with van der Waals surface area (Å²) in [5.74, 6) is -0.523. The fourth-order valence-corrected chi connectivity index (χ4v) is 4.04. The van der Waals surface area contributed by atoms with Crippen LogP contribution in [0.2, 0.25) is 0 Å². The lowest BCUT2D eigenvalue weighted by Gasteiger charge is -2.10. The predicted molar refractivity (Wildman–Crippen MR) is 140 cm³/mol. The van der Waals surface area contributed by atoms with Crippen LogP contribution in [0.4, 0.5) is 20.3 Å². The van der Waals surface area contributed by atoms with E-state index in [0.29, 0.717) is 28.9 Å². The Labute approximate surface area is 212 Å². The van der Waals surface area contributed by atoms with Crippen LogP contribution in [0.25, 0.3) is 33.6 Å². The molecule has 5 rings (SSSR count). The molecule has 3 aromatic carbocycles. The molecule has 0 radical (unpaired) electrons. The second-order valence-electron chi connectivity index (χ2n) is 9.04. The number of halogens is 2. The first-order chi connectivity index (χ1) is 17.9. The van der Waals surface area contributed by atoms with E-state index in [4.69, 9.17) is 4.42 Å². The Morgan fingerprint density at radius 3 is 2.30 bits per heavy atom. The summed E-state index contributed by atoms with van der Waals surface area (Å²) < 4.78 is 33.3. The lowest BCUT2D eigenvalue weighted by Crippen LogP contribution is -2.12. The van der Waals surface area contributed by atoms with E-state index in [9.17, 15) is 13.6 Å². The fourth-order valence-electron chi connectivity index (χ4n) is 4.04. The van der Waals surface area contributed by atoms with Crippen molar-refractivity contribution in [3.05, 3.63) is 96.3 Å². The average Bonchev–Trinajstić information content (AvgIpc) is 3.28. The number of rotatable bonds is 7. The highest BCUT2D eigenvalue weighted by molar-refractivity contribution is 6.06. The van der Waals surface area contributed by atoms with Gasteiger partial charge in [0.15, 0.2) is 0 Å². The molecular weight excluding hydrogens is 474 g/mol. The third-order valence-corrected chi connectivity index (χ3v) is 5.76. The molecule has 0 unspecified atom stereocenters. The normalized spacial score (nSPS) is 11.2. The molecule has 0 fully saturated rings. The number of nitrogens with zero attached hydrogens (tertiary/aromatic N) is 2. The molecule has 186 valence electrons. The number of hydrogen-bond donors (Lipinski definition) is 2. The highest BCUT2D eigenvalue weighted by Crippen LogP contribution is 2.42. The molecule has 6 nitrogen and oxygen atoms in total. The zero-order chi connectivity index (χ0) is 25.9. The number of aromatic nitrogens is 2. The summed E-state index contributed by atoms with van der Waals surface area (Å²) in [6.07, 6.45) is 1.47. The number of amides is 1. The maximum Gasteiger partial charge on any atom is 0.255 e. The van der Waals surface area contributed by atoms with Crippen molar-refractivity contribution in [2.24, 2.45) is 5.92 Å². The number of carbonyl (C=O) groups excluding carboxylic acids is 1. The van der Waals surface area contributed by atoms with E-state index in [0.717, 1.165) is 46.8 Å². The number of benzene rings is 3. The Hall–Kier alpha value is -4.59. The van der Waals surface area contributed by atoms with Crippen LogP contribution in [0, 0.1) is 17.6 Å². The monoisotopic (exact) mass is 498 g/mol. The van der Waals surface area contributed by atoms with Crippen molar-refractivity contribution < 1.29 is 18.0 Å². The van der Waals surface area contributed by atoms with E-state index in [2.05, 4.69) is 34.4 Å². The number of anilines is 2. The standard InChI is InChI=1S/C29H24F2N4O2/c1-17(2)15-32-27-25-24(18-6-4-3-5-7-18)26(37-29(25)34-16-33-27)19-8-10-23(11-9-19)35-28(36)20-12-21(30)14-22(31)13-20/h3-14,16-17H,15H2,1-2H3,(H,35,36)(H,32,33,34). The molecule has 0 atom stereocenters. The summed E-state index contributed by atoms with van der Waals surface area (Å²) in [5, 5.41) is 6.86. The van der Waals surface area contributed by atoms with Crippen LogP contribution >= 0.6 is 0 Å². The summed E-state index contributed by atoms with van der Waals surface area (Å²) in [6, 6.07) is 19.6. The van der Waals surface area contributed by atoms with Gasteiger partial charge in [-0.3, -0.25) is 4.79 Å². The minimum Gasteiger partial charge on any atom is -0.437 e. The van der Waals surface area contributed by atoms with Crippen molar-refractivity contribution in [3.8, 4) is 22.5 Å². The average molecular weight is 499 g/mol. The second kappa shape index (κ2) is 10.2. The smallest absolute Gasteiger partial charge is 0.255 e. The number of furan rings is 1. The molecule has 0 aliphatic heterocycles. The van der Waals surface area contributed by atoms with Gasteiger partial charge in [-0.15, -0.1) is 0 Å². The quantitative estimate of drug-likeness (QED) is 0.249. The molecule has 5 aromatic rings. The first-order valence-electron chi connectivity index (χ1n) is 11.8. The van der Waals surface area contributed by atoms with Crippen LogP contribution in [0.1, 0.15) is 24.2 Å². The zero-order valence-electron chi connectivity index (χ0n) is 20.3. The van der Waals surface area contributed by atoms with Crippen LogP contribution in [0.5, 0.6) is 0 Å². The van der Waals surface area contributed by atoms with E-state index in [-0.39, 0.29) is 5.56 Å². The maximum absolute atomic E-state index is 13.5. The van der Waals surface area contributed by atoms with E-state index in [1.54, 1.807) is 24.3 Å². The third kappa shape index (κ3) is 5.18. The molecule has 2 heterocycles. The lowest BCUT2D eigenvalue weighted by molar-refractivity contribution is 0.102. The molecule has 0 saturated carbocycles. The first kappa shape index (κ1) is 24.1. The van der Waals surface area contributed by atoms with Crippen LogP contribution in [-0.4, -0.2) is 22.4 Å². The molecule has 8 heteroatoms. The molecule has 0 aliphatic rings. The van der Waals surface area contributed by atoms with E-state index < -0.39 is 17.5 Å². The van der Waals surface area contributed by atoms with Crippen LogP contribution in [0.15, 0.2) is 83.5 Å². The van der Waals surface area contributed by atoms with E-state index in [1.165, 1.54) is 6.33 Å². The summed E-state index contributed by atoms with van der Waals surface area (Å²) in [4.78, 5) is 21.3. The molecule has 0 aliphatic carbocycles. The summed E-state index contributed by atoms with van der Waals surface area (Å²) in [6.45, 7) is 4.98. The van der Waals surface area contributed by atoms with Gasteiger partial charge in [-0.1, -0.05) is 44.2 Å². The van der Waals surface area contributed by atoms with Crippen molar-refractivity contribution in [2.75, 3.05) is 17.2 Å². The Morgan fingerprint density at radius 1 is 0.919 bits per heavy atom. The molecular formula is C29H24F2N4O2. The Balaban J connectivity index is 1.52. The fraction of sp³-hybridized carbons (Fsp3) is 0.138. The van der Waals surface area contributed by atoms with E-state index in [1.807, 2.05) is 30.3 Å². The highest BCUT2D eigenvalue weighted by atomic mass is 19.1. The SMILES string of the molecule is CC(C)CNc1ncnc2oc(-c3ccc(NC(=O)c4cc(F)cc(F)c4)cc3)c(-c3ccccc3)c12. The van der Waals surface area contributed by atoms with Crippen molar-refractivity contribution in [3.63, 3.8) is 0 Å². The molecule has 0 spiro atoms. The van der Waals surface area contributed by atoms with Crippen LogP contribution in [0.3, 0.4) is 0 Å². The van der Waals surface area contributed by atoms with Crippen molar-refractivity contribution in [2.45, 2.75) is 13.8 Å². The van der Waals surface area contributed by atoms with Gasteiger partial charge in [0.25, 0.3) is 5.91 Å². The van der Waals surface area contributed by atoms with Crippen molar-refractivity contribution in [1.82, 2.24) is 9.97 Å². The lowest BCUT2D eigenvalue weighted by atomic mass is 9.99. The summed E-state index contributed by atoms with van der Waals surface area (Å²) in [7, 11) is 0.